The van der Waals surface area contributed by atoms with Crippen LogP contribution in [0.1, 0.15) is 49.2 Å². The van der Waals surface area contributed by atoms with Gasteiger partial charge in [-0.25, -0.2) is 0 Å². The number of nitrogens with zero attached hydrogens (tertiary/aromatic N) is 3. The lowest BCUT2D eigenvalue weighted by Gasteiger charge is -2.22. The smallest absolute Gasteiger partial charge is 0.253 e. The van der Waals surface area contributed by atoms with Gasteiger partial charge in [-0.3, -0.25) is 9.48 Å². The highest BCUT2D eigenvalue weighted by atomic mass is 16.2. The van der Waals surface area contributed by atoms with Crippen LogP contribution in [0.15, 0.2) is 30.5 Å². The fourth-order valence-electron chi connectivity index (χ4n) is 3.20. The van der Waals surface area contributed by atoms with Crippen LogP contribution in [0, 0.1) is 5.92 Å². The van der Waals surface area contributed by atoms with Crippen LogP contribution < -0.4 is 0 Å². The van der Waals surface area contributed by atoms with Crippen molar-refractivity contribution in [2.45, 2.75) is 39.5 Å². The molecule has 3 rings (SSSR count). The first-order valence-electron chi connectivity index (χ1n) is 9.04. The molecule has 1 amide bonds. The molecule has 1 aromatic carbocycles. The Morgan fingerprint density at radius 1 is 1.33 bits per heavy atom. The van der Waals surface area contributed by atoms with Gasteiger partial charge in [0.2, 0.25) is 0 Å². The molecule has 2 aromatic rings. The van der Waals surface area contributed by atoms with Crippen molar-refractivity contribution in [2.24, 2.45) is 13.0 Å². The van der Waals surface area contributed by atoms with Gasteiger partial charge in [-0.2, -0.15) is 5.10 Å². The molecule has 0 unspecified atom stereocenters. The van der Waals surface area contributed by atoms with Gasteiger partial charge in [-0.1, -0.05) is 26.0 Å². The maximum atomic E-state index is 12.9. The summed E-state index contributed by atoms with van der Waals surface area (Å²) in [6.45, 7) is 5.99. The molecule has 0 spiro atoms. The van der Waals surface area contributed by atoms with Crippen LogP contribution in [0.3, 0.4) is 0 Å². The summed E-state index contributed by atoms with van der Waals surface area (Å²) in [5, 5.41) is 4.51. The van der Waals surface area contributed by atoms with Gasteiger partial charge in [0, 0.05) is 37.5 Å². The molecular weight excluding hydrogens is 298 g/mol. The number of aryl methyl sites for hydroxylation is 2. The maximum absolute atomic E-state index is 12.9. The SMILES string of the molecule is CCCN(CC1CC1)C(=O)c1cccc(-c2cn(C)nc2CC)c1. The van der Waals surface area contributed by atoms with Gasteiger partial charge in [-0.05, 0) is 49.3 Å². The average Bonchev–Trinajstić information content (AvgIpc) is 3.33. The lowest BCUT2D eigenvalue weighted by Crippen LogP contribution is -2.33. The van der Waals surface area contributed by atoms with E-state index in [2.05, 4.69) is 25.0 Å². The van der Waals surface area contributed by atoms with Gasteiger partial charge in [0.25, 0.3) is 5.91 Å². The molecule has 4 heteroatoms. The van der Waals surface area contributed by atoms with Crippen molar-refractivity contribution in [1.82, 2.24) is 14.7 Å². The van der Waals surface area contributed by atoms with Crippen LogP contribution >= 0.6 is 0 Å². The van der Waals surface area contributed by atoms with E-state index < -0.39 is 0 Å². The topological polar surface area (TPSA) is 38.1 Å². The van der Waals surface area contributed by atoms with Gasteiger partial charge in [0.15, 0.2) is 0 Å². The first-order chi connectivity index (χ1) is 11.6. The zero-order valence-corrected chi connectivity index (χ0v) is 15.0. The number of rotatable bonds is 7. The normalized spacial score (nSPS) is 14.0. The first kappa shape index (κ1) is 16.7. The highest BCUT2D eigenvalue weighted by molar-refractivity contribution is 5.95. The minimum absolute atomic E-state index is 0.160. The number of carbonyl (C=O) groups excluding carboxylic acids is 1. The molecule has 24 heavy (non-hydrogen) atoms. The maximum Gasteiger partial charge on any atom is 0.253 e. The summed E-state index contributed by atoms with van der Waals surface area (Å²) in [4.78, 5) is 15.0. The van der Waals surface area contributed by atoms with Crippen LogP contribution in [0.4, 0.5) is 0 Å². The van der Waals surface area contributed by atoms with Crippen molar-refractivity contribution in [3.8, 4) is 11.1 Å². The number of amides is 1. The summed E-state index contributed by atoms with van der Waals surface area (Å²) in [6, 6.07) is 8.01. The van der Waals surface area contributed by atoms with E-state index in [1.165, 1.54) is 12.8 Å². The molecule has 0 N–H and O–H groups in total. The van der Waals surface area contributed by atoms with Crippen LogP contribution in [0.5, 0.6) is 0 Å². The first-order valence-corrected chi connectivity index (χ1v) is 9.04. The number of hydrogen-bond donors (Lipinski definition) is 0. The fourth-order valence-corrected chi connectivity index (χ4v) is 3.20. The van der Waals surface area contributed by atoms with E-state index in [1.54, 1.807) is 0 Å². The molecule has 0 atom stereocenters. The second kappa shape index (κ2) is 7.20. The molecule has 1 fully saturated rings. The lowest BCUT2D eigenvalue weighted by atomic mass is 10.0. The largest absolute Gasteiger partial charge is 0.338 e. The zero-order valence-electron chi connectivity index (χ0n) is 15.0. The summed E-state index contributed by atoms with van der Waals surface area (Å²) in [7, 11) is 1.94. The Kier molecular flexibility index (Phi) is 5.03. The van der Waals surface area contributed by atoms with Crippen molar-refractivity contribution in [1.29, 1.82) is 0 Å². The molecule has 1 heterocycles. The molecule has 0 bridgehead atoms. The number of aromatic nitrogens is 2. The fraction of sp³-hybridized carbons (Fsp3) is 0.500. The van der Waals surface area contributed by atoms with E-state index in [1.807, 2.05) is 41.0 Å². The Bertz CT molecular complexity index is 715. The van der Waals surface area contributed by atoms with Crippen molar-refractivity contribution in [3.05, 3.63) is 41.7 Å². The van der Waals surface area contributed by atoms with Gasteiger partial charge in [0.1, 0.15) is 0 Å². The van der Waals surface area contributed by atoms with Gasteiger partial charge in [-0.15, -0.1) is 0 Å². The van der Waals surface area contributed by atoms with Crippen molar-refractivity contribution in [3.63, 3.8) is 0 Å². The van der Waals surface area contributed by atoms with E-state index in [4.69, 9.17) is 0 Å². The molecule has 0 saturated heterocycles. The molecule has 0 aliphatic heterocycles. The minimum Gasteiger partial charge on any atom is -0.338 e. The molecule has 1 aliphatic carbocycles. The summed E-state index contributed by atoms with van der Waals surface area (Å²) < 4.78 is 1.85. The second-order valence-corrected chi connectivity index (χ2v) is 6.79. The van der Waals surface area contributed by atoms with Crippen LogP contribution in [0.2, 0.25) is 0 Å². The Morgan fingerprint density at radius 2 is 2.12 bits per heavy atom. The van der Waals surface area contributed by atoms with Crippen LogP contribution in [-0.4, -0.2) is 33.7 Å². The Balaban J connectivity index is 1.87. The zero-order chi connectivity index (χ0) is 17.1. The highest BCUT2D eigenvalue weighted by Gasteiger charge is 2.27. The van der Waals surface area contributed by atoms with E-state index in [9.17, 15) is 4.79 Å². The van der Waals surface area contributed by atoms with E-state index in [0.29, 0.717) is 5.92 Å². The molecular formula is C20H27N3O. The summed E-state index contributed by atoms with van der Waals surface area (Å²) in [5.41, 5.74) is 4.06. The van der Waals surface area contributed by atoms with Crippen molar-refractivity contribution in [2.75, 3.05) is 13.1 Å². The molecule has 1 saturated carbocycles. The highest BCUT2D eigenvalue weighted by Crippen LogP contribution is 2.30. The lowest BCUT2D eigenvalue weighted by molar-refractivity contribution is 0.0748. The molecule has 4 nitrogen and oxygen atoms in total. The molecule has 1 aliphatic rings. The molecule has 1 aromatic heterocycles. The van der Waals surface area contributed by atoms with E-state index in [0.717, 1.165) is 48.3 Å². The van der Waals surface area contributed by atoms with Gasteiger partial charge >= 0.3 is 0 Å². The predicted molar refractivity (Wildman–Crippen MR) is 96.9 cm³/mol. The molecule has 128 valence electrons. The van der Waals surface area contributed by atoms with Gasteiger partial charge in [0.05, 0.1) is 5.69 Å². The third-order valence-corrected chi connectivity index (χ3v) is 4.62. The van der Waals surface area contributed by atoms with E-state index >= 15 is 0 Å². The standard InChI is InChI=1S/C20H27N3O/c1-4-11-23(13-15-9-10-15)20(24)17-8-6-7-16(12-17)18-14-22(3)21-19(18)5-2/h6-8,12,14-15H,4-5,9-11,13H2,1-3H3. The van der Waals surface area contributed by atoms with Crippen LogP contribution in [-0.2, 0) is 13.5 Å². The second-order valence-electron chi connectivity index (χ2n) is 6.79. The third-order valence-electron chi connectivity index (χ3n) is 4.62. The number of carbonyl (C=O) groups is 1. The quantitative estimate of drug-likeness (QED) is 0.774. The van der Waals surface area contributed by atoms with Crippen LogP contribution in [0.25, 0.3) is 11.1 Å². The monoisotopic (exact) mass is 325 g/mol. The average molecular weight is 325 g/mol. The third kappa shape index (κ3) is 3.69. The van der Waals surface area contributed by atoms with E-state index in [-0.39, 0.29) is 5.91 Å². The summed E-state index contributed by atoms with van der Waals surface area (Å²) >= 11 is 0. The summed E-state index contributed by atoms with van der Waals surface area (Å²) in [5.74, 6) is 0.876. The molecule has 0 radical (unpaired) electrons. The Hall–Kier alpha value is -2.10. The number of hydrogen-bond acceptors (Lipinski definition) is 2. The van der Waals surface area contributed by atoms with Crippen molar-refractivity contribution >= 4 is 5.91 Å². The van der Waals surface area contributed by atoms with Crippen molar-refractivity contribution < 1.29 is 4.79 Å². The Labute approximate surface area is 144 Å². The summed E-state index contributed by atoms with van der Waals surface area (Å²) in [6.07, 6.45) is 6.46. The minimum atomic E-state index is 0.160. The Morgan fingerprint density at radius 3 is 2.79 bits per heavy atom. The van der Waals surface area contributed by atoms with Gasteiger partial charge < -0.3 is 4.90 Å². The number of benzene rings is 1. The predicted octanol–water partition coefficient (Wildman–Crippen LogP) is 3.91.